The van der Waals surface area contributed by atoms with Crippen molar-refractivity contribution in [2.45, 2.75) is 25.9 Å². The smallest absolute Gasteiger partial charge is 0.227 e. The molecule has 0 spiro atoms. The zero-order valence-electron chi connectivity index (χ0n) is 20.1. The first-order valence-electron chi connectivity index (χ1n) is 11.8. The third kappa shape index (κ3) is 6.51. The lowest BCUT2D eigenvalue weighted by Gasteiger charge is -2.31. The number of methoxy groups -OCH3 is 1. The molecular weight excluding hydrogens is 464 g/mol. The Kier molecular flexibility index (Phi) is 8.58. The maximum absolute atomic E-state index is 9.15. The van der Waals surface area contributed by atoms with Crippen LogP contribution in [0.25, 0.3) is 5.57 Å². The Morgan fingerprint density at radius 2 is 1.91 bits per heavy atom. The largest absolute Gasteiger partial charge is 0.497 e. The first kappa shape index (κ1) is 25.0. The molecule has 35 heavy (non-hydrogen) atoms. The topological polar surface area (TPSA) is 79.7 Å². The number of aliphatic hydroxyl groups excluding tert-OH is 1. The molecule has 4 rings (SSSR count). The van der Waals surface area contributed by atoms with Gasteiger partial charge in [0.25, 0.3) is 0 Å². The van der Waals surface area contributed by atoms with Crippen LogP contribution < -0.4 is 14.8 Å². The number of hydrogen-bond acceptors (Lipinski definition) is 7. The fraction of sp³-hybridized carbons (Fsp3) is 0.333. The Balaban J connectivity index is 1.53. The van der Waals surface area contributed by atoms with Crippen molar-refractivity contribution in [1.29, 1.82) is 0 Å². The van der Waals surface area contributed by atoms with Gasteiger partial charge in [-0.2, -0.15) is 0 Å². The molecule has 1 saturated heterocycles. The zero-order valence-corrected chi connectivity index (χ0v) is 20.8. The third-order valence-corrected chi connectivity index (χ3v) is 6.27. The molecule has 0 bridgehead atoms. The highest BCUT2D eigenvalue weighted by atomic mass is 35.5. The fourth-order valence-corrected chi connectivity index (χ4v) is 4.41. The number of aliphatic hydroxyl groups is 1. The summed E-state index contributed by atoms with van der Waals surface area (Å²) in [5, 5.41) is 12.9. The van der Waals surface area contributed by atoms with Crippen LogP contribution in [0, 0.1) is 0 Å². The average Bonchev–Trinajstić information content (AvgIpc) is 2.88. The van der Waals surface area contributed by atoms with E-state index in [9.17, 15) is 0 Å². The van der Waals surface area contributed by atoms with E-state index in [4.69, 9.17) is 31.2 Å². The van der Waals surface area contributed by atoms with Gasteiger partial charge in [0.2, 0.25) is 5.95 Å². The molecule has 0 aliphatic carbocycles. The van der Waals surface area contributed by atoms with Gasteiger partial charge in [-0.15, -0.1) is 0 Å². The fourth-order valence-electron chi connectivity index (χ4n) is 4.22. The Bertz CT molecular complexity index is 1150. The highest BCUT2D eigenvalue weighted by Gasteiger charge is 2.21. The van der Waals surface area contributed by atoms with Gasteiger partial charge in [-0.1, -0.05) is 48.0 Å². The molecule has 2 heterocycles. The predicted octanol–water partition coefficient (Wildman–Crippen LogP) is 5.17. The molecule has 0 saturated carbocycles. The number of anilines is 2. The highest BCUT2D eigenvalue weighted by molar-refractivity contribution is 6.32. The van der Waals surface area contributed by atoms with Gasteiger partial charge < -0.3 is 24.8 Å². The normalized spacial score (nSPS) is 15.1. The van der Waals surface area contributed by atoms with E-state index in [0.717, 1.165) is 48.5 Å². The maximum atomic E-state index is 9.15. The van der Waals surface area contributed by atoms with Crippen LogP contribution in [-0.4, -0.2) is 59.4 Å². The molecule has 1 aromatic heterocycles. The lowest BCUT2D eigenvalue weighted by Crippen LogP contribution is -2.39. The van der Waals surface area contributed by atoms with Gasteiger partial charge in [-0.3, -0.25) is 0 Å². The molecule has 184 valence electrons. The van der Waals surface area contributed by atoms with E-state index < -0.39 is 0 Å². The van der Waals surface area contributed by atoms with Gasteiger partial charge in [0.15, 0.2) is 0 Å². The van der Waals surface area contributed by atoms with Crippen molar-refractivity contribution in [3.63, 3.8) is 0 Å². The van der Waals surface area contributed by atoms with Gasteiger partial charge >= 0.3 is 0 Å². The summed E-state index contributed by atoms with van der Waals surface area (Å²) in [6, 6.07) is 15.7. The molecule has 0 unspecified atom stereocenters. The summed E-state index contributed by atoms with van der Waals surface area (Å²) < 4.78 is 11.8. The summed E-state index contributed by atoms with van der Waals surface area (Å²) in [4.78, 5) is 11.3. The minimum atomic E-state index is 0.117. The molecule has 1 aliphatic heterocycles. The molecule has 0 amide bonds. The van der Waals surface area contributed by atoms with Gasteiger partial charge in [0.1, 0.15) is 17.6 Å². The van der Waals surface area contributed by atoms with Crippen LogP contribution in [0.4, 0.5) is 11.6 Å². The van der Waals surface area contributed by atoms with Crippen molar-refractivity contribution in [1.82, 2.24) is 14.9 Å². The molecule has 2 aromatic carbocycles. The molecule has 1 fully saturated rings. The molecule has 3 aromatic rings. The number of rotatable bonds is 9. The summed E-state index contributed by atoms with van der Waals surface area (Å²) in [6.45, 7) is 4.69. The van der Waals surface area contributed by atoms with Crippen LogP contribution in [0.1, 0.15) is 31.0 Å². The Labute approximate surface area is 211 Å². The average molecular weight is 495 g/mol. The second-order valence-electron chi connectivity index (χ2n) is 8.36. The first-order chi connectivity index (χ1) is 17.1. The maximum Gasteiger partial charge on any atom is 0.227 e. The van der Waals surface area contributed by atoms with Crippen LogP contribution in [0.2, 0.25) is 5.02 Å². The number of benzene rings is 2. The quantitative estimate of drug-likeness (QED) is 0.424. The minimum absolute atomic E-state index is 0.117. The second-order valence-corrected chi connectivity index (χ2v) is 8.77. The van der Waals surface area contributed by atoms with Gasteiger partial charge in [0.05, 0.1) is 30.6 Å². The van der Waals surface area contributed by atoms with E-state index in [-0.39, 0.29) is 12.7 Å². The van der Waals surface area contributed by atoms with E-state index in [1.165, 1.54) is 0 Å². The highest BCUT2D eigenvalue weighted by Crippen LogP contribution is 2.32. The van der Waals surface area contributed by atoms with Crippen LogP contribution in [0.5, 0.6) is 11.5 Å². The Morgan fingerprint density at radius 3 is 2.60 bits per heavy atom. The summed E-state index contributed by atoms with van der Waals surface area (Å²) in [5.41, 5.74) is 3.38. The minimum Gasteiger partial charge on any atom is -0.497 e. The zero-order chi connectivity index (χ0) is 24.6. The van der Waals surface area contributed by atoms with Crippen LogP contribution in [0.3, 0.4) is 0 Å². The van der Waals surface area contributed by atoms with Gasteiger partial charge in [-0.25, -0.2) is 9.97 Å². The SMILES string of the molecule is C/C=C(\c1ccccc1)c1nc(Nc2cc(OC)cc(OC3CCN(CCO)CC3)c2)ncc1Cl. The lowest BCUT2D eigenvalue weighted by molar-refractivity contribution is 0.0888. The standard InChI is InChI=1S/C27H31ClN4O3/c1-3-24(19-7-5-4-6-8-19)26-25(28)18-29-27(31-26)30-20-15-22(34-2)17-23(16-20)35-21-9-11-32(12-10-21)13-14-33/h3-8,15-18,21,33H,9-14H2,1-2H3,(H,29,30,31)/b24-3+. The number of likely N-dealkylation sites (tertiary alicyclic amines) is 1. The van der Waals surface area contributed by atoms with Crippen molar-refractivity contribution < 1.29 is 14.6 Å². The molecule has 2 N–H and O–H groups in total. The molecule has 0 radical (unpaired) electrons. The van der Waals surface area contributed by atoms with Crippen LogP contribution in [0.15, 0.2) is 60.8 Å². The van der Waals surface area contributed by atoms with Crippen molar-refractivity contribution in [3.8, 4) is 11.5 Å². The monoisotopic (exact) mass is 494 g/mol. The van der Waals surface area contributed by atoms with Crippen LogP contribution in [-0.2, 0) is 0 Å². The van der Waals surface area contributed by atoms with E-state index in [0.29, 0.717) is 29.0 Å². The number of nitrogens with zero attached hydrogens (tertiary/aromatic N) is 3. The number of allylic oxidation sites excluding steroid dienone is 1. The lowest BCUT2D eigenvalue weighted by atomic mass is 10.0. The Morgan fingerprint density at radius 1 is 1.17 bits per heavy atom. The van der Waals surface area contributed by atoms with Crippen molar-refractivity contribution >= 4 is 28.8 Å². The second kappa shape index (κ2) is 12.0. The van der Waals surface area contributed by atoms with Crippen molar-refractivity contribution in [3.05, 3.63) is 77.1 Å². The number of aromatic nitrogens is 2. The Hall–Kier alpha value is -3.13. The summed E-state index contributed by atoms with van der Waals surface area (Å²) >= 11 is 6.48. The number of ether oxygens (including phenoxy) is 2. The first-order valence-corrected chi connectivity index (χ1v) is 12.2. The molecule has 1 aliphatic rings. The summed E-state index contributed by atoms with van der Waals surface area (Å²) in [6.07, 6.45) is 5.55. The molecule has 8 heteroatoms. The van der Waals surface area contributed by atoms with Crippen molar-refractivity contribution in [2.75, 3.05) is 38.7 Å². The van der Waals surface area contributed by atoms with E-state index in [2.05, 4.69) is 15.2 Å². The van der Waals surface area contributed by atoms with Gasteiger partial charge in [0, 0.05) is 49.1 Å². The van der Waals surface area contributed by atoms with E-state index in [1.54, 1.807) is 13.3 Å². The van der Waals surface area contributed by atoms with Gasteiger partial charge in [-0.05, 0) is 25.3 Å². The summed E-state index contributed by atoms with van der Waals surface area (Å²) in [7, 11) is 1.63. The number of halogens is 1. The van der Waals surface area contributed by atoms with E-state index >= 15 is 0 Å². The van der Waals surface area contributed by atoms with Crippen LogP contribution >= 0.6 is 11.6 Å². The van der Waals surface area contributed by atoms with E-state index in [1.807, 2.05) is 61.5 Å². The number of piperidine rings is 1. The number of hydrogen-bond donors (Lipinski definition) is 2. The summed E-state index contributed by atoms with van der Waals surface area (Å²) in [5.74, 6) is 1.83. The van der Waals surface area contributed by atoms with Crippen molar-refractivity contribution in [2.24, 2.45) is 0 Å². The third-order valence-electron chi connectivity index (χ3n) is 6.00. The predicted molar refractivity (Wildman–Crippen MR) is 140 cm³/mol. The number of nitrogens with one attached hydrogen (secondary N) is 1. The molecule has 7 nitrogen and oxygen atoms in total. The molecular formula is C27H31ClN4O3. The molecule has 0 atom stereocenters. The number of β-amino-alcohol motifs (C(OH)–C–C–N with tert-alkyl or cyclic N) is 1.